The number of hydrogen-bond acceptors (Lipinski definition) is 4. The molecule has 5 nitrogen and oxygen atoms in total. The standard InChI is InChI=1S/C20H18N2O3/c1-14-10-18(15(2)22(14)12-17-7-5-9-24-17)19(23)13-25-20-8-4-3-6-16(20)11-21/h3-10H,12-13H2,1-2H3. The molecule has 0 saturated heterocycles. The number of rotatable bonds is 6. The van der Waals surface area contributed by atoms with Crippen molar-refractivity contribution >= 4 is 5.78 Å². The SMILES string of the molecule is Cc1cc(C(=O)COc2ccccc2C#N)c(C)n1Cc1ccco1. The molecule has 2 aromatic heterocycles. The fourth-order valence-electron chi connectivity index (χ4n) is 2.79. The number of nitriles is 1. The van der Waals surface area contributed by atoms with E-state index in [0.29, 0.717) is 23.4 Å². The molecule has 0 N–H and O–H groups in total. The van der Waals surface area contributed by atoms with Crippen LogP contribution in [-0.4, -0.2) is 17.0 Å². The summed E-state index contributed by atoms with van der Waals surface area (Å²) in [6.45, 7) is 4.34. The molecule has 0 atom stereocenters. The highest BCUT2D eigenvalue weighted by molar-refractivity contribution is 5.98. The van der Waals surface area contributed by atoms with E-state index in [0.717, 1.165) is 17.1 Å². The Labute approximate surface area is 146 Å². The van der Waals surface area contributed by atoms with E-state index >= 15 is 0 Å². The van der Waals surface area contributed by atoms with Gasteiger partial charge in [-0.3, -0.25) is 4.79 Å². The van der Waals surface area contributed by atoms with Gasteiger partial charge in [-0.15, -0.1) is 0 Å². The second-order valence-corrected chi connectivity index (χ2v) is 5.77. The first-order valence-corrected chi connectivity index (χ1v) is 7.94. The molecule has 0 aliphatic heterocycles. The number of ether oxygens (including phenoxy) is 1. The van der Waals surface area contributed by atoms with Gasteiger partial charge in [0.2, 0.25) is 5.78 Å². The van der Waals surface area contributed by atoms with Crippen LogP contribution < -0.4 is 4.74 Å². The fraction of sp³-hybridized carbons (Fsp3) is 0.200. The monoisotopic (exact) mass is 334 g/mol. The first kappa shape index (κ1) is 16.6. The lowest BCUT2D eigenvalue weighted by Crippen LogP contribution is -2.13. The number of Topliss-reactive ketones (excluding diaryl/α,β-unsaturated/α-hetero) is 1. The van der Waals surface area contributed by atoms with E-state index in [9.17, 15) is 4.79 Å². The summed E-state index contributed by atoms with van der Waals surface area (Å²) in [5, 5.41) is 9.08. The van der Waals surface area contributed by atoms with E-state index in [-0.39, 0.29) is 12.4 Å². The van der Waals surface area contributed by atoms with E-state index in [1.807, 2.05) is 36.6 Å². The zero-order valence-corrected chi connectivity index (χ0v) is 14.2. The topological polar surface area (TPSA) is 68.2 Å². The van der Waals surface area contributed by atoms with Gasteiger partial charge in [-0.25, -0.2) is 0 Å². The van der Waals surface area contributed by atoms with Crippen molar-refractivity contribution in [2.75, 3.05) is 6.61 Å². The third-order valence-corrected chi connectivity index (χ3v) is 4.13. The molecule has 0 amide bonds. The minimum atomic E-state index is -0.119. The third kappa shape index (κ3) is 3.48. The van der Waals surface area contributed by atoms with Crippen LogP contribution in [0.25, 0.3) is 0 Å². The molecular weight excluding hydrogens is 316 g/mol. The van der Waals surface area contributed by atoms with Gasteiger partial charge in [-0.1, -0.05) is 12.1 Å². The van der Waals surface area contributed by atoms with Crippen molar-refractivity contribution in [3.8, 4) is 11.8 Å². The van der Waals surface area contributed by atoms with Gasteiger partial charge in [0, 0.05) is 17.0 Å². The Morgan fingerprint density at radius 1 is 1.24 bits per heavy atom. The fourth-order valence-corrected chi connectivity index (χ4v) is 2.79. The number of carbonyl (C=O) groups excluding carboxylic acids is 1. The van der Waals surface area contributed by atoms with Crippen LogP contribution in [0.5, 0.6) is 5.75 Å². The second-order valence-electron chi connectivity index (χ2n) is 5.77. The lowest BCUT2D eigenvalue weighted by Gasteiger charge is -2.09. The van der Waals surface area contributed by atoms with Crippen molar-refractivity contribution in [2.24, 2.45) is 0 Å². The molecule has 0 aliphatic carbocycles. The third-order valence-electron chi connectivity index (χ3n) is 4.13. The molecule has 5 heteroatoms. The average Bonchev–Trinajstić information content (AvgIpc) is 3.23. The van der Waals surface area contributed by atoms with Crippen LogP contribution in [0, 0.1) is 25.2 Å². The summed E-state index contributed by atoms with van der Waals surface area (Å²) < 4.78 is 13.0. The summed E-state index contributed by atoms with van der Waals surface area (Å²) in [5.41, 5.74) is 2.89. The van der Waals surface area contributed by atoms with Crippen molar-refractivity contribution in [1.29, 1.82) is 5.26 Å². The summed E-state index contributed by atoms with van der Waals surface area (Å²) in [6, 6.07) is 14.5. The van der Waals surface area contributed by atoms with Crippen molar-refractivity contribution < 1.29 is 13.9 Å². The van der Waals surface area contributed by atoms with E-state index in [1.165, 1.54) is 0 Å². The number of ketones is 1. The van der Waals surface area contributed by atoms with Crippen LogP contribution in [0.4, 0.5) is 0 Å². The molecule has 0 unspecified atom stereocenters. The molecule has 1 aromatic carbocycles. The average molecular weight is 334 g/mol. The normalized spacial score (nSPS) is 10.4. The predicted molar refractivity (Wildman–Crippen MR) is 92.7 cm³/mol. The van der Waals surface area contributed by atoms with Crippen LogP contribution in [0.1, 0.15) is 33.1 Å². The summed E-state index contributed by atoms with van der Waals surface area (Å²) >= 11 is 0. The van der Waals surface area contributed by atoms with Gasteiger partial charge in [-0.2, -0.15) is 5.26 Å². The number of nitrogens with zero attached hydrogens (tertiary/aromatic N) is 2. The second kappa shape index (κ2) is 7.10. The summed E-state index contributed by atoms with van der Waals surface area (Å²) in [4.78, 5) is 12.6. The van der Waals surface area contributed by atoms with Gasteiger partial charge >= 0.3 is 0 Å². The number of para-hydroxylation sites is 1. The smallest absolute Gasteiger partial charge is 0.202 e. The number of carbonyl (C=O) groups is 1. The Kier molecular flexibility index (Phi) is 4.71. The predicted octanol–water partition coefficient (Wildman–Crippen LogP) is 3.88. The number of hydrogen-bond donors (Lipinski definition) is 0. The van der Waals surface area contributed by atoms with Gasteiger partial charge in [0.05, 0.1) is 18.4 Å². The molecule has 3 aromatic rings. The molecule has 25 heavy (non-hydrogen) atoms. The number of aromatic nitrogens is 1. The van der Waals surface area contributed by atoms with Crippen LogP contribution in [-0.2, 0) is 6.54 Å². The van der Waals surface area contributed by atoms with Gasteiger partial charge in [0.25, 0.3) is 0 Å². The molecule has 2 heterocycles. The molecular formula is C20H18N2O3. The van der Waals surface area contributed by atoms with E-state index < -0.39 is 0 Å². The highest BCUT2D eigenvalue weighted by Gasteiger charge is 2.17. The largest absolute Gasteiger partial charge is 0.484 e. The van der Waals surface area contributed by atoms with Crippen molar-refractivity contribution in [2.45, 2.75) is 20.4 Å². The first-order chi connectivity index (χ1) is 12.1. The van der Waals surface area contributed by atoms with Crippen LogP contribution in [0.3, 0.4) is 0 Å². The number of aryl methyl sites for hydroxylation is 1. The highest BCUT2D eigenvalue weighted by Crippen LogP contribution is 2.20. The molecule has 126 valence electrons. The van der Waals surface area contributed by atoms with Gasteiger partial charge in [0.15, 0.2) is 6.61 Å². The Morgan fingerprint density at radius 3 is 2.76 bits per heavy atom. The van der Waals surface area contributed by atoms with Gasteiger partial charge in [0.1, 0.15) is 17.6 Å². The van der Waals surface area contributed by atoms with E-state index in [4.69, 9.17) is 14.4 Å². The summed E-state index contributed by atoms with van der Waals surface area (Å²) in [5.74, 6) is 1.13. The van der Waals surface area contributed by atoms with E-state index in [1.54, 1.807) is 30.5 Å². The summed E-state index contributed by atoms with van der Waals surface area (Å²) in [6.07, 6.45) is 1.63. The minimum Gasteiger partial charge on any atom is -0.484 e. The Bertz CT molecular complexity index is 931. The molecule has 3 rings (SSSR count). The maximum absolute atomic E-state index is 12.6. The van der Waals surface area contributed by atoms with Crippen molar-refractivity contribution in [1.82, 2.24) is 4.57 Å². The zero-order valence-electron chi connectivity index (χ0n) is 14.2. The first-order valence-electron chi connectivity index (χ1n) is 7.94. The molecule has 0 radical (unpaired) electrons. The Hall–Kier alpha value is -3.26. The molecule has 0 saturated carbocycles. The lowest BCUT2D eigenvalue weighted by atomic mass is 10.1. The lowest BCUT2D eigenvalue weighted by molar-refractivity contribution is 0.0920. The van der Waals surface area contributed by atoms with E-state index in [2.05, 4.69) is 6.07 Å². The Morgan fingerprint density at radius 2 is 2.04 bits per heavy atom. The van der Waals surface area contributed by atoms with Crippen LogP contribution in [0.2, 0.25) is 0 Å². The van der Waals surface area contributed by atoms with Gasteiger partial charge < -0.3 is 13.7 Å². The number of benzene rings is 1. The maximum Gasteiger partial charge on any atom is 0.202 e. The van der Waals surface area contributed by atoms with Crippen LogP contribution >= 0.6 is 0 Å². The minimum absolute atomic E-state index is 0.107. The van der Waals surface area contributed by atoms with Crippen LogP contribution in [0.15, 0.2) is 53.1 Å². The summed E-state index contributed by atoms with van der Waals surface area (Å²) in [7, 11) is 0. The van der Waals surface area contributed by atoms with Gasteiger partial charge in [-0.05, 0) is 44.2 Å². The maximum atomic E-state index is 12.6. The molecule has 0 bridgehead atoms. The quantitative estimate of drug-likeness (QED) is 0.642. The molecule has 0 spiro atoms. The van der Waals surface area contributed by atoms with Crippen molar-refractivity contribution in [3.05, 3.63) is 77.0 Å². The Balaban J connectivity index is 1.75. The molecule has 0 aliphatic rings. The highest BCUT2D eigenvalue weighted by atomic mass is 16.5. The molecule has 0 fully saturated rings. The van der Waals surface area contributed by atoms with Crippen molar-refractivity contribution in [3.63, 3.8) is 0 Å². The number of furan rings is 1. The zero-order chi connectivity index (χ0) is 17.8.